The number of primary amides is 1. The third-order valence-electron chi connectivity index (χ3n) is 5.27. The molecule has 0 bridgehead atoms. The van der Waals surface area contributed by atoms with Crippen molar-refractivity contribution < 1.29 is 34.2 Å². The van der Waals surface area contributed by atoms with Crippen LogP contribution in [0, 0.1) is 0 Å². The number of nitrogens with two attached hydrogens (primary N) is 4. The first-order chi connectivity index (χ1) is 17.8. The van der Waals surface area contributed by atoms with Crippen molar-refractivity contribution in [2.45, 2.75) is 69.3 Å². The van der Waals surface area contributed by atoms with Gasteiger partial charge in [-0.2, -0.15) is 0 Å². The molecule has 1 heterocycles. The van der Waals surface area contributed by atoms with E-state index in [1.54, 1.807) is 0 Å². The number of carbonyl (C=O) groups excluding carboxylic acids is 4. The zero-order valence-electron chi connectivity index (χ0n) is 20.9. The third-order valence-corrected chi connectivity index (χ3v) is 5.27. The summed E-state index contributed by atoms with van der Waals surface area (Å²) in [4.78, 5) is 71.5. The number of aromatic amines is 1. The number of imidazole rings is 1. The van der Waals surface area contributed by atoms with E-state index in [4.69, 9.17) is 22.9 Å². The molecule has 0 spiro atoms. The van der Waals surface area contributed by atoms with E-state index in [1.165, 1.54) is 19.4 Å². The Hall–Kier alpha value is -4.25. The third kappa shape index (κ3) is 11.7. The summed E-state index contributed by atoms with van der Waals surface area (Å²) < 4.78 is 0. The van der Waals surface area contributed by atoms with Crippen molar-refractivity contribution in [3.8, 4) is 0 Å². The molecule has 0 aliphatic heterocycles. The van der Waals surface area contributed by atoms with Gasteiger partial charge in [0.15, 0.2) is 5.96 Å². The molecule has 4 amide bonds. The maximum Gasteiger partial charge on any atom is 0.326 e. The summed E-state index contributed by atoms with van der Waals surface area (Å²) in [6.45, 7) is 1.33. The lowest BCUT2D eigenvalue weighted by Gasteiger charge is -2.26. The lowest BCUT2D eigenvalue weighted by atomic mass is 10.1. The maximum absolute atomic E-state index is 13.0. The first-order valence-electron chi connectivity index (χ1n) is 11.7. The summed E-state index contributed by atoms with van der Waals surface area (Å²) >= 11 is 0. The molecule has 0 aliphatic carbocycles. The lowest BCUT2D eigenvalue weighted by molar-refractivity contribution is -0.143. The Morgan fingerprint density at radius 3 is 2.21 bits per heavy atom. The standard InChI is InChI=1S/C21H36N10O7/c1-10(32)16(19(36)30-14(20(37)38)3-2-6-27-21(24)25)31-18(35)13(4-5-15(23)33)29-17(34)12(22)7-11-8-26-9-28-11/h8-10,12-14,16,32H,2-7,22H2,1H3,(H2,23,33)(H,26,28)(H,29,34)(H,30,36)(H,31,35)(H,37,38)(H4,24,25,27). The number of carbonyl (C=O) groups is 5. The summed E-state index contributed by atoms with van der Waals surface area (Å²) in [7, 11) is 0. The monoisotopic (exact) mass is 540 g/mol. The van der Waals surface area contributed by atoms with Crippen LogP contribution in [0.3, 0.4) is 0 Å². The fourth-order valence-corrected chi connectivity index (χ4v) is 3.24. The van der Waals surface area contributed by atoms with Crippen molar-refractivity contribution in [1.29, 1.82) is 0 Å². The molecule has 0 fully saturated rings. The fraction of sp³-hybridized carbons (Fsp3) is 0.571. The number of aromatic nitrogens is 2. The number of rotatable bonds is 17. The van der Waals surface area contributed by atoms with Gasteiger partial charge in [0.05, 0.1) is 18.5 Å². The van der Waals surface area contributed by atoms with E-state index < -0.39 is 59.9 Å². The van der Waals surface area contributed by atoms with E-state index in [1.807, 2.05) is 0 Å². The quantitative estimate of drug-likeness (QED) is 0.0510. The van der Waals surface area contributed by atoms with Crippen molar-refractivity contribution >= 4 is 35.6 Å². The van der Waals surface area contributed by atoms with E-state index >= 15 is 0 Å². The summed E-state index contributed by atoms with van der Waals surface area (Å²) in [5, 5.41) is 26.5. The van der Waals surface area contributed by atoms with Crippen LogP contribution in [-0.4, -0.2) is 92.6 Å². The van der Waals surface area contributed by atoms with Gasteiger partial charge in [-0.25, -0.2) is 9.78 Å². The van der Waals surface area contributed by atoms with Crippen LogP contribution in [0.5, 0.6) is 0 Å². The Morgan fingerprint density at radius 1 is 1.03 bits per heavy atom. The number of carboxylic acid groups (broad SMARTS) is 1. The summed E-state index contributed by atoms with van der Waals surface area (Å²) in [6.07, 6.45) is 1.19. The number of aliphatic hydroxyl groups excluding tert-OH is 1. The summed E-state index contributed by atoms with van der Waals surface area (Å²) in [5.41, 5.74) is 22.1. The van der Waals surface area contributed by atoms with Gasteiger partial charge in [0, 0.05) is 31.3 Å². The molecule has 1 aromatic rings. The number of aliphatic carboxylic acids is 1. The highest BCUT2D eigenvalue weighted by molar-refractivity contribution is 5.94. The molecule has 1 rings (SSSR count). The molecular weight excluding hydrogens is 504 g/mol. The Morgan fingerprint density at radius 2 is 1.68 bits per heavy atom. The highest BCUT2D eigenvalue weighted by atomic mass is 16.4. The van der Waals surface area contributed by atoms with Crippen LogP contribution in [-0.2, 0) is 30.4 Å². The van der Waals surface area contributed by atoms with Crippen LogP contribution < -0.4 is 38.9 Å². The van der Waals surface area contributed by atoms with Gasteiger partial charge in [-0.1, -0.05) is 0 Å². The lowest BCUT2D eigenvalue weighted by Crippen LogP contribution is -2.60. The molecule has 14 N–H and O–H groups in total. The molecule has 1 aromatic heterocycles. The topological polar surface area (TPSA) is 307 Å². The second kappa shape index (κ2) is 15.8. The molecule has 5 unspecified atom stereocenters. The highest BCUT2D eigenvalue weighted by Crippen LogP contribution is 2.05. The zero-order chi connectivity index (χ0) is 28.8. The molecule has 17 heteroatoms. The van der Waals surface area contributed by atoms with E-state index in [9.17, 15) is 34.2 Å². The maximum atomic E-state index is 13.0. The van der Waals surface area contributed by atoms with Crippen LogP contribution >= 0.6 is 0 Å². The SMILES string of the molecule is CC(O)C(NC(=O)C(CCC(N)=O)NC(=O)C(N)Cc1cnc[nH]1)C(=O)NC(CCCN=C(N)N)C(=O)O. The van der Waals surface area contributed by atoms with Crippen LogP contribution in [0.1, 0.15) is 38.3 Å². The number of hydrogen-bond acceptors (Lipinski definition) is 9. The summed E-state index contributed by atoms with van der Waals surface area (Å²) in [5.74, 6) is -4.90. The Bertz CT molecular complexity index is 979. The molecule has 17 nitrogen and oxygen atoms in total. The van der Waals surface area contributed by atoms with Crippen molar-refractivity contribution in [3.63, 3.8) is 0 Å². The number of guanidine groups is 1. The van der Waals surface area contributed by atoms with E-state index in [0.29, 0.717) is 5.69 Å². The summed E-state index contributed by atoms with van der Waals surface area (Å²) in [6, 6.07) is -5.37. The van der Waals surface area contributed by atoms with Crippen LogP contribution in [0.4, 0.5) is 0 Å². The van der Waals surface area contributed by atoms with Gasteiger partial charge in [0.2, 0.25) is 23.6 Å². The minimum atomic E-state index is -1.59. The number of aliphatic hydroxyl groups is 1. The molecule has 0 aromatic carbocycles. The van der Waals surface area contributed by atoms with Crippen LogP contribution in [0.15, 0.2) is 17.5 Å². The van der Waals surface area contributed by atoms with Crippen molar-refractivity contribution in [2.75, 3.05) is 6.54 Å². The van der Waals surface area contributed by atoms with Gasteiger partial charge in [-0.3, -0.25) is 24.2 Å². The van der Waals surface area contributed by atoms with Gasteiger partial charge in [0.25, 0.3) is 0 Å². The van der Waals surface area contributed by atoms with Crippen LogP contribution in [0.25, 0.3) is 0 Å². The number of nitrogens with one attached hydrogen (secondary N) is 4. The minimum Gasteiger partial charge on any atom is -0.480 e. The number of aliphatic imine (C=N–C) groups is 1. The van der Waals surface area contributed by atoms with Gasteiger partial charge in [-0.05, 0) is 26.2 Å². The van der Waals surface area contributed by atoms with E-state index in [-0.39, 0.29) is 44.6 Å². The number of carboxylic acids is 1. The Balaban J connectivity index is 2.90. The normalized spacial score (nSPS) is 14.7. The fourth-order valence-electron chi connectivity index (χ4n) is 3.24. The second-order valence-electron chi connectivity index (χ2n) is 8.53. The van der Waals surface area contributed by atoms with Crippen molar-refractivity contribution in [1.82, 2.24) is 25.9 Å². The number of hydrogen-bond donors (Lipinski definition) is 10. The minimum absolute atomic E-state index is 0.0379. The predicted molar refractivity (Wildman–Crippen MR) is 134 cm³/mol. The average Bonchev–Trinajstić information content (AvgIpc) is 3.33. The molecule has 38 heavy (non-hydrogen) atoms. The molecule has 5 atom stereocenters. The zero-order valence-corrected chi connectivity index (χ0v) is 20.9. The van der Waals surface area contributed by atoms with E-state index in [2.05, 4.69) is 30.9 Å². The largest absolute Gasteiger partial charge is 0.480 e. The van der Waals surface area contributed by atoms with Gasteiger partial charge in [-0.15, -0.1) is 0 Å². The highest BCUT2D eigenvalue weighted by Gasteiger charge is 2.32. The first kappa shape index (κ1) is 31.8. The molecule has 0 saturated heterocycles. The number of H-pyrrole nitrogens is 1. The number of nitrogens with zero attached hydrogens (tertiary/aromatic N) is 2. The predicted octanol–water partition coefficient (Wildman–Crippen LogP) is -4.48. The Labute approximate surface area is 218 Å². The molecular formula is C21H36N10O7. The smallest absolute Gasteiger partial charge is 0.326 e. The number of amides is 4. The van der Waals surface area contributed by atoms with Gasteiger partial charge in [0.1, 0.15) is 18.1 Å². The average molecular weight is 541 g/mol. The second-order valence-corrected chi connectivity index (χ2v) is 8.53. The van der Waals surface area contributed by atoms with Gasteiger partial charge < -0.3 is 54.1 Å². The van der Waals surface area contributed by atoms with Crippen molar-refractivity contribution in [3.05, 3.63) is 18.2 Å². The molecule has 0 saturated carbocycles. The molecule has 0 aliphatic rings. The first-order valence-corrected chi connectivity index (χ1v) is 11.7. The Kier molecular flexibility index (Phi) is 13.2. The van der Waals surface area contributed by atoms with Crippen molar-refractivity contribution in [2.24, 2.45) is 27.9 Å². The molecule has 212 valence electrons. The van der Waals surface area contributed by atoms with E-state index in [0.717, 1.165) is 0 Å². The van der Waals surface area contributed by atoms with Crippen LogP contribution in [0.2, 0.25) is 0 Å². The van der Waals surface area contributed by atoms with Gasteiger partial charge >= 0.3 is 5.97 Å². The molecule has 0 radical (unpaired) electrons.